The van der Waals surface area contributed by atoms with Gasteiger partial charge in [0.2, 0.25) is 0 Å². The van der Waals surface area contributed by atoms with Crippen molar-refractivity contribution >= 4 is 11.9 Å². The SMILES string of the molecule is CCNC(=O)NC(=O)C(C)OCC1(N)CCCCCC1. The number of amides is 3. The average Bonchev–Trinajstić information content (AvgIpc) is 2.61. The second-order valence-electron chi connectivity index (χ2n) is 5.58. The van der Waals surface area contributed by atoms with E-state index in [1.165, 1.54) is 12.8 Å². The first kappa shape index (κ1) is 16.9. The molecule has 1 atom stereocenters. The van der Waals surface area contributed by atoms with Crippen LogP contribution in [0.5, 0.6) is 0 Å². The van der Waals surface area contributed by atoms with E-state index in [0.29, 0.717) is 13.2 Å². The molecule has 1 fully saturated rings. The Balaban J connectivity index is 2.35. The van der Waals surface area contributed by atoms with Crippen LogP contribution in [0.2, 0.25) is 0 Å². The normalized spacial score (nSPS) is 19.8. The predicted octanol–water partition coefficient (Wildman–Crippen LogP) is 1.29. The number of carbonyl (C=O) groups excluding carboxylic acids is 2. The zero-order valence-electron chi connectivity index (χ0n) is 12.5. The molecule has 1 aliphatic carbocycles. The summed E-state index contributed by atoms with van der Waals surface area (Å²) in [5.74, 6) is -0.437. The number of imide groups is 1. The highest BCUT2D eigenvalue weighted by Crippen LogP contribution is 2.25. The third-order valence-electron chi connectivity index (χ3n) is 3.66. The lowest BCUT2D eigenvalue weighted by molar-refractivity contribution is -0.131. The second kappa shape index (κ2) is 8.21. The minimum atomic E-state index is -0.679. The van der Waals surface area contributed by atoms with Crippen molar-refractivity contribution in [2.24, 2.45) is 5.73 Å². The van der Waals surface area contributed by atoms with Crippen LogP contribution in [-0.2, 0) is 9.53 Å². The Hall–Kier alpha value is -1.14. The number of carbonyl (C=O) groups is 2. The number of hydrogen-bond acceptors (Lipinski definition) is 4. The van der Waals surface area contributed by atoms with Gasteiger partial charge in [-0.2, -0.15) is 0 Å². The highest BCUT2D eigenvalue weighted by Gasteiger charge is 2.28. The smallest absolute Gasteiger partial charge is 0.321 e. The van der Waals surface area contributed by atoms with Crippen LogP contribution in [0.15, 0.2) is 0 Å². The van der Waals surface area contributed by atoms with Crippen LogP contribution in [0.3, 0.4) is 0 Å². The van der Waals surface area contributed by atoms with E-state index in [0.717, 1.165) is 25.7 Å². The van der Waals surface area contributed by atoms with Gasteiger partial charge in [0.1, 0.15) is 6.10 Å². The van der Waals surface area contributed by atoms with E-state index < -0.39 is 18.0 Å². The van der Waals surface area contributed by atoms with Crippen LogP contribution in [0.1, 0.15) is 52.4 Å². The molecule has 0 aromatic rings. The molecule has 0 heterocycles. The second-order valence-corrected chi connectivity index (χ2v) is 5.58. The summed E-state index contributed by atoms with van der Waals surface area (Å²) < 4.78 is 5.56. The van der Waals surface area contributed by atoms with E-state index >= 15 is 0 Å². The molecule has 6 heteroatoms. The van der Waals surface area contributed by atoms with Crippen molar-refractivity contribution in [3.63, 3.8) is 0 Å². The van der Waals surface area contributed by atoms with Crippen molar-refractivity contribution in [2.45, 2.75) is 64.0 Å². The Labute approximate surface area is 120 Å². The molecule has 1 unspecified atom stereocenters. The summed E-state index contributed by atoms with van der Waals surface area (Å²) in [4.78, 5) is 23.0. The lowest BCUT2D eigenvalue weighted by Gasteiger charge is -2.29. The van der Waals surface area contributed by atoms with Gasteiger partial charge in [-0.05, 0) is 26.7 Å². The van der Waals surface area contributed by atoms with Gasteiger partial charge in [0.25, 0.3) is 5.91 Å². The van der Waals surface area contributed by atoms with Gasteiger partial charge in [-0.3, -0.25) is 10.1 Å². The fraction of sp³-hybridized carbons (Fsp3) is 0.857. The summed E-state index contributed by atoms with van der Waals surface area (Å²) in [5.41, 5.74) is 5.98. The van der Waals surface area contributed by atoms with Gasteiger partial charge in [0.15, 0.2) is 0 Å². The predicted molar refractivity (Wildman–Crippen MR) is 77.2 cm³/mol. The van der Waals surface area contributed by atoms with Crippen LogP contribution in [-0.4, -0.2) is 36.7 Å². The molecule has 0 aromatic carbocycles. The van der Waals surface area contributed by atoms with E-state index in [4.69, 9.17) is 10.5 Å². The molecule has 4 N–H and O–H groups in total. The number of hydrogen-bond donors (Lipinski definition) is 3. The number of urea groups is 1. The zero-order valence-corrected chi connectivity index (χ0v) is 12.5. The van der Waals surface area contributed by atoms with Crippen molar-refractivity contribution in [1.82, 2.24) is 10.6 Å². The molecular formula is C14H27N3O3. The summed E-state index contributed by atoms with van der Waals surface area (Å²) in [6.07, 6.45) is 5.83. The molecule has 1 aliphatic rings. The maximum absolute atomic E-state index is 11.7. The molecule has 116 valence electrons. The van der Waals surface area contributed by atoms with Gasteiger partial charge in [-0.15, -0.1) is 0 Å². The topological polar surface area (TPSA) is 93.5 Å². The lowest BCUT2D eigenvalue weighted by atomic mass is 9.92. The highest BCUT2D eigenvalue weighted by atomic mass is 16.5. The third-order valence-corrected chi connectivity index (χ3v) is 3.66. The average molecular weight is 285 g/mol. The Kier molecular flexibility index (Phi) is 6.95. The summed E-state index contributed by atoms with van der Waals surface area (Å²) >= 11 is 0. The highest BCUT2D eigenvalue weighted by molar-refractivity contribution is 5.96. The molecule has 0 aromatic heterocycles. The van der Waals surface area contributed by atoms with E-state index in [-0.39, 0.29) is 5.54 Å². The first-order chi connectivity index (χ1) is 9.47. The van der Waals surface area contributed by atoms with Gasteiger partial charge < -0.3 is 15.8 Å². The van der Waals surface area contributed by atoms with E-state index in [1.807, 2.05) is 0 Å². The summed E-state index contributed by atoms with van der Waals surface area (Å²) in [7, 11) is 0. The van der Waals surface area contributed by atoms with Crippen LogP contribution < -0.4 is 16.4 Å². The number of rotatable bonds is 5. The molecule has 0 saturated heterocycles. The van der Waals surface area contributed by atoms with Crippen LogP contribution in [0.25, 0.3) is 0 Å². The summed E-state index contributed by atoms with van der Waals surface area (Å²) in [5, 5.41) is 4.74. The maximum atomic E-state index is 11.7. The third kappa shape index (κ3) is 5.88. The quantitative estimate of drug-likeness (QED) is 0.663. The van der Waals surface area contributed by atoms with Crippen LogP contribution in [0, 0.1) is 0 Å². The first-order valence-corrected chi connectivity index (χ1v) is 7.46. The maximum Gasteiger partial charge on any atom is 0.321 e. The molecule has 3 amide bonds. The summed E-state index contributed by atoms with van der Waals surface area (Å²) in [6.45, 7) is 4.25. The van der Waals surface area contributed by atoms with Gasteiger partial charge >= 0.3 is 6.03 Å². The van der Waals surface area contributed by atoms with Crippen molar-refractivity contribution < 1.29 is 14.3 Å². The van der Waals surface area contributed by atoms with Crippen molar-refractivity contribution in [3.8, 4) is 0 Å². The Morgan fingerprint density at radius 1 is 1.25 bits per heavy atom. The molecule has 20 heavy (non-hydrogen) atoms. The number of nitrogens with two attached hydrogens (primary N) is 1. The number of ether oxygens (including phenoxy) is 1. The van der Waals surface area contributed by atoms with Gasteiger partial charge in [0, 0.05) is 12.1 Å². The fourth-order valence-corrected chi connectivity index (χ4v) is 2.36. The van der Waals surface area contributed by atoms with Crippen molar-refractivity contribution in [1.29, 1.82) is 0 Å². The molecule has 1 rings (SSSR count). The van der Waals surface area contributed by atoms with E-state index in [1.54, 1.807) is 13.8 Å². The molecule has 6 nitrogen and oxygen atoms in total. The fourth-order valence-electron chi connectivity index (χ4n) is 2.36. The van der Waals surface area contributed by atoms with E-state index in [2.05, 4.69) is 10.6 Å². The van der Waals surface area contributed by atoms with Gasteiger partial charge in [-0.25, -0.2) is 4.79 Å². The van der Waals surface area contributed by atoms with Crippen molar-refractivity contribution in [2.75, 3.05) is 13.2 Å². The Morgan fingerprint density at radius 3 is 2.40 bits per heavy atom. The minimum Gasteiger partial charge on any atom is -0.367 e. The van der Waals surface area contributed by atoms with E-state index in [9.17, 15) is 9.59 Å². The molecule has 1 saturated carbocycles. The number of nitrogens with one attached hydrogen (secondary N) is 2. The molecule has 0 bridgehead atoms. The monoisotopic (exact) mass is 285 g/mol. The zero-order chi connectivity index (χ0) is 15.0. The molecular weight excluding hydrogens is 258 g/mol. The Bertz CT molecular complexity index is 326. The summed E-state index contributed by atoms with van der Waals surface area (Å²) in [6, 6.07) is -0.495. The standard InChI is InChI=1S/C14H27N3O3/c1-3-16-13(19)17-12(18)11(2)20-10-14(15)8-6-4-5-7-9-14/h11H,3-10,15H2,1-2H3,(H2,16,17,18,19). The Morgan fingerprint density at radius 2 is 1.85 bits per heavy atom. The lowest BCUT2D eigenvalue weighted by Crippen LogP contribution is -2.48. The minimum absolute atomic E-state index is 0.337. The van der Waals surface area contributed by atoms with Crippen LogP contribution in [0.4, 0.5) is 4.79 Å². The largest absolute Gasteiger partial charge is 0.367 e. The van der Waals surface area contributed by atoms with Gasteiger partial charge in [0.05, 0.1) is 6.61 Å². The first-order valence-electron chi connectivity index (χ1n) is 7.46. The van der Waals surface area contributed by atoms with Crippen LogP contribution >= 0.6 is 0 Å². The molecule has 0 spiro atoms. The molecule has 0 aliphatic heterocycles. The van der Waals surface area contributed by atoms with Gasteiger partial charge in [-0.1, -0.05) is 25.7 Å². The van der Waals surface area contributed by atoms with Crippen molar-refractivity contribution in [3.05, 3.63) is 0 Å². The molecule has 0 radical (unpaired) electrons.